The molecule has 1 aromatic heterocycles. The first kappa shape index (κ1) is 11.7. The van der Waals surface area contributed by atoms with E-state index in [9.17, 15) is 5.11 Å². The normalized spacial score (nSPS) is 13.1. The van der Waals surface area contributed by atoms with Gasteiger partial charge in [0.05, 0.1) is 13.4 Å². The predicted octanol–water partition coefficient (Wildman–Crippen LogP) is 2.05. The lowest BCUT2D eigenvalue weighted by molar-refractivity contribution is 0.254. The van der Waals surface area contributed by atoms with E-state index in [2.05, 4.69) is 18.1 Å². The molecular weight excluding hydrogens is 210 g/mol. The molecule has 0 saturated carbocycles. The van der Waals surface area contributed by atoms with Gasteiger partial charge in [0.15, 0.2) is 0 Å². The zero-order valence-electron chi connectivity index (χ0n) is 8.68. The van der Waals surface area contributed by atoms with E-state index in [-0.39, 0.29) is 5.44 Å². The lowest BCUT2D eigenvalue weighted by atomic mass is 10.1. The van der Waals surface area contributed by atoms with Crippen LogP contribution < -0.4 is 0 Å². The molecule has 0 saturated heterocycles. The molecule has 1 aromatic rings. The van der Waals surface area contributed by atoms with Crippen LogP contribution in [0.4, 0.5) is 0 Å². The van der Waals surface area contributed by atoms with Gasteiger partial charge in [-0.2, -0.15) is 11.2 Å². The molecule has 0 aliphatic carbocycles. The summed E-state index contributed by atoms with van der Waals surface area (Å²) >= 11 is 1.75. The molecule has 1 heterocycles. The number of pyridine rings is 1. The van der Waals surface area contributed by atoms with Crippen LogP contribution in [0.1, 0.15) is 12.0 Å². The summed E-state index contributed by atoms with van der Waals surface area (Å²) in [7, 11) is -0.700. The minimum absolute atomic E-state index is 0.185. The molecule has 78 valence electrons. The Morgan fingerprint density at radius 1 is 1.43 bits per heavy atom. The van der Waals surface area contributed by atoms with Crippen molar-refractivity contribution in [2.75, 3.05) is 0 Å². The van der Waals surface area contributed by atoms with Gasteiger partial charge in [-0.15, -0.1) is 0 Å². The highest BCUT2D eigenvalue weighted by Gasteiger charge is 2.07. The Labute approximate surface area is 91.0 Å². The maximum Gasteiger partial charge on any atom is 0.0985 e. The fourth-order valence-electron chi connectivity index (χ4n) is 1.22. The van der Waals surface area contributed by atoms with Crippen LogP contribution in [0.15, 0.2) is 24.5 Å². The standard InChI is InChI=1S/C10H17NOSSi/c1-14(2)13-10(12)4-3-9-5-7-11-8-6-9/h5-8,10,12,14H,3-4H2,1-2H3. The summed E-state index contributed by atoms with van der Waals surface area (Å²) in [5.74, 6) is 0. The average Bonchev–Trinajstić information content (AvgIpc) is 2.15. The van der Waals surface area contributed by atoms with Gasteiger partial charge in [-0.05, 0) is 30.5 Å². The summed E-state index contributed by atoms with van der Waals surface area (Å²) in [6.07, 6.45) is 5.38. The molecule has 1 N–H and O–H groups in total. The molecule has 4 heteroatoms. The van der Waals surface area contributed by atoms with Gasteiger partial charge in [-0.1, -0.05) is 13.1 Å². The smallest absolute Gasteiger partial charge is 0.0985 e. The van der Waals surface area contributed by atoms with Crippen LogP contribution in [-0.2, 0) is 6.42 Å². The second-order valence-electron chi connectivity index (χ2n) is 3.53. The van der Waals surface area contributed by atoms with E-state index in [1.165, 1.54) is 5.56 Å². The van der Waals surface area contributed by atoms with Crippen molar-refractivity contribution in [3.8, 4) is 0 Å². The van der Waals surface area contributed by atoms with Crippen molar-refractivity contribution in [3.05, 3.63) is 30.1 Å². The first-order chi connectivity index (χ1) is 6.68. The Hall–Kier alpha value is -0.323. The molecular formula is C10H17NOSSi. The largest absolute Gasteiger partial charge is 0.383 e. The number of aryl methyl sites for hydroxylation is 1. The van der Waals surface area contributed by atoms with Gasteiger partial charge in [0, 0.05) is 12.4 Å². The first-order valence-corrected chi connectivity index (χ1v) is 9.57. The summed E-state index contributed by atoms with van der Waals surface area (Å²) in [4.78, 5) is 3.96. The van der Waals surface area contributed by atoms with Gasteiger partial charge in [0.1, 0.15) is 0 Å². The molecule has 1 rings (SSSR count). The van der Waals surface area contributed by atoms with E-state index in [0.29, 0.717) is 0 Å². The fraction of sp³-hybridized carbons (Fsp3) is 0.500. The summed E-state index contributed by atoms with van der Waals surface area (Å²) in [5, 5.41) is 9.66. The Morgan fingerprint density at radius 2 is 2.07 bits per heavy atom. The minimum Gasteiger partial charge on any atom is -0.383 e. The van der Waals surface area contributed by atoms with Crippen molar-refractivity contribution >= 4 is 19.2 Å². The Kier molecular flexibility index (Phi) is 5.22. The molecule has 0 spiro atoms. The number of aliphatic hydroxyl groups is 1. The molecule has 1 atom stereocenters. The first-order valence-electron chi connectivity index (χ1n) is 4.91. The Morgan fingerprint density at radius 3 is 2.64 bits per heavy atom. The number of nitrogens with zero attached hydrogens (tertiary/aromatic N) is 1. The van der Waals surface area contributed by atoms with Gasteiger partial charge >= 0.3 is 0 Å². The quantitative estimate of drug-likeness (QED) is 0.617. The molecule has 0 fully saturated rings. The van der Waals surface area contributed by atoms with Crippen molar-refractivity contribution < 1.29 is 5.11 Å². The van der Waals surface area contributed by atoms with Crippen molar-refractivity contribution in [1.82, 2.24) is 4.98 Å². The van der Waals surface area contributed by atoms with E-state index in [4.69, 9.17) is 0 Å². The average molecular weight is 227 g/mol. The molecule has 0 bridgehead atoms. The topological polar surface area (TPSA) is 33.1 Å². The molecule has 0 amide bonds. The van der Waals surface area contributed by atoms with E-state index >= 15 is 0 Å². The van der Waals surface area contributed by atoms with Gasteiger partial charge in [-0.25, -0.2) is 0 Å². The summed E-state index contributed by atoms with van der Waals surface area (Å²) < 4.78 is 0. The lowest BCUT2D eigenvalue weighted by Crippen LogP contribution is -2.08. The van der Waals surface area contributed by atoms with Gasteiger partial charge in [0.25, 0.3) is 0 Å². The third-order valence-electron chi connectivity index (χ3n) is 1.86. The van der Waals surface area contributed by atoms with Gasteiger partial charge < -0.3 is 5.11 Å². The van der Waals surface area contributed by atoms with E-state index in [1.807, 2.05) is 12.1 Å². The molecule has 0 aliphatic heterocycles. The molecule has 0 aliphatic rings. The summed E-state index contributed by atoms with van der Waals surface area (Å²) in [6, 6.07) is 4.01. The number of aromatic nitrogens is 1. The Balaban J connectivity index is 2.27. The highest BCUT2D eigenvalue weighted by molar-refractivity contribution is 8.25. The van der Waals surface area contributed by atoms with Crippen LogP contribution in [0.5, 0.6) is 0 Å². The highest BCUT2D eigenvalue weighted by Crippen LogP contribution is 2.17. The Bertz CT molecular complexity index is 256. The van der Waals surface area contributed by atoms with Crippen molar-refractivity contribution in [3.63, 3.8) is 0 Å². The van der Waals surface area contributed by atoms with Gasteiger partial charge in [-0.3, -0.25) is 4.98 Å². The number of rotatable bonds is 5. The lowest BCUT2D eigenvalue weighted by Gasteiger charge is -2.11. The zero-order valence-corrected chi connectivity index (χ0v) is 10.7. The second-order valence-corrected chi connectivity index (χ2v) is 10.1. The van der Waals surface area contributed by atoms with Crippen LogP contribution in [-0.4, -0.2) is 23.5 Å². The van der Waals surface area contributed by atoms with Crippen LogP contribution in [0.3, 0.4) is 0 Å². The number of hydrogen-bond donors (Lipinski definition) is 1. The second kappa shape index (κ2) is 6.21. The summed E-state index contributed by atoms with van der Waals surface area (Å²) in [5.41, 5.74) is 1.07. The van der Waals surface area contributed by atoms with Crippen LogP contribution in [0.2, 0.25) is 13.1 Å². The van der Waals surface area contributed by atoms with Gasteiger partial charge in [0.2, 0.25) is 0 Å². The molecule has 1 unspecified atom stereocenters. The number of hydrogen-bond acceptors (Lipinski definition) is 3. The predicted molar refractivity (Wildman–Crippen MR) is 65.0 cm³/mol. The fourth-order valence-corrected chi connectivity index (χ4v) is 4.40. The SMILES string of the molecule is C[SiH](C)SC(O)CCc1ccncc1. The molecule has 0 radical (unpaired) electrons. The molecule has 2 nitrogen and oxygen atoms in total. The third-order valence-corrected chi connectivity index (χ3v) is 5.53. The minimum atomic E-state index is -0.700. The van der Waals surface area contributed by atoms with Crippen LogP contribution in [0, 0.1) is 0 Å². The van der Waals surface area contributed by atoms with Crippen molar-refractivity contribution in [2.45, 2.75) is 31.4 Å². The monoisotopic (exact) mass is 227 g/mol. The maximum atomic E-state index is 9.66. The maximum absolute atomic E-state index is 9.66. The zero-order chi connectivity index (χ0) is 10.4. The molecule has 0 aromatic carbocycles. The number of aliphatic hydroxyl groups excluding tert-OH is 1. The third kappa shape index (κ3) is 4.79. The molecule has 14 heavy (non-hydrogen) atoms. The van der Waals surface area contributed by atoms with Crippen molar-refractivity contribution in [2.24, 2.45) is 0 Å². The van der Waals surface area contributed by atoms with Crippen LogP contribution in [0.25, 0.3) is 0 Å². The summed E-state index contributed by atoms with van der Waals surface area (Å²) in [6.45, 7) is 4.47. The van der Waals surface area contributed by atoms with Crippen molar-refractivity contribution in [1.29, 1.82) is 0 Å². The van der Waals surface area contributed by atoms with E-state index in [1.54, 1.807) is 23.6 Å². The van der Waals surface area contributed by atoms with E-state index < -0.39 is 7.95 Å². The van der Waals surface area contributed by atoms with E-state index in [0.717, 1.165) is 12.8 Å². The highest BCUT2D eigenvalue weighted by atomic mass is 32.4. The van der Waals surface area contributed by atoms with Crippen LogP contribution >= 0.6 is 11.2 Å².